The smallest absolute Gasteiger partial charge is 0.416 e. The van der Waals surface area contributed by atoms with Gasteiger partial charge in [0.1, 0.15) is 18.0 Å². The number of benzene rings is 2. The molecule has 16 heteroatoms. The number of nitrogens with zero attached hydrogens (tertiary/aromatic N) is 4. The van der Waals surface area contributed by atoms with E-state index in [1.165, 1.54) is 20.2 Å². The van der Waals surface area contributed by atoms with Crippen LogP contribution in [0.15, 0.2) is 42.6 Å². The number of hydrogen-bond acceptors (Lipinski definition) is 7. The van der Waals surface area contributed by atoms with Gasteiger partial charge in [0.05, 0.1) is 55.5 Å². The second-order valence-electron chi connectivity index (χ2n) is 12.9. The molecule has 1 saturated carbocycles. The minimum absolute atomic E-state index is 0.00841. The third kappa shape index (κ3) is 7.01. The number of ether oxygens (including phenoxy) is 2. The van der Waals surface area contributed by atoms with E-state index in [1.807, 2.05) is 12.1 Å². The molecule has 3 heterocycles. The van der Waals surface area contributed by atoms with E-state index in [2.05, 4.69) is 9.97 Å². The number of aliphatic carboxylic acids is 1. The van der Waals surface area contributed by atoms with E-state index in [-0.39, 0.29) is 43.3 Å². The number of aromatic nitrogens is 2. The highest BCUT2D eigenvalue weighted by Crippen LogP contribution is 2.43. The van der Waals surface area contributed by atoms with E-state index in [0.717, 1.165) is 10.5 Å². The van der Waals surface area contributed by atoms with Crippen LogP contribution < -0.4 is 9.64 Å². The van der Waals surface area contributed by atoms with Crippen LogP contribution >= 0.6 is 0 Å². The predicted molar refractivity (Wildman–Crippen MR) is 164 cm³/mol. The molecule has 1 N–H and O–H groups in total. The molecule has 0 spiro atoms. The van der Waals surface area contributed by atoms with Gasteiger partial charge in [-0.2, -0.15) is 26.3 Å². The molecule has 2 aliphatic heterocycles. The van der Waals surface area contributed by atoms with Crippen molar-refractivity contribution in [1.82, 2.24) is 14.9 Å². The van der Waals surface area contributed by atoms with Crippen LogP contribution in [0.4, 0.5) is 41.5 Å². The van der Waals surface area contributed by atoms with Gasteiger partial charge in [0, 0.05) is 17.3 Å². The minimum atomic E-state index is -5.09. The third-order valence-corrected chi connectivity index (χ3v) is 9.69. The van der Waals surface area contributed by atoms with Crippen LogP contribution in [-0.2, 0) is 28.4 Å². The largest absolute Gasteiger partial charge is 0.496 e. The molecule has 3 aliphatic rings. The zero-order valence-corrected chi connectivity index (χ0v) is 26.9. The summed E-state index contributed by atoms with van der Waals surface area (Å²) >= 11 is 0. The monoisotopic (exact) mass is 710 g/mol. The molecule has 2 saturated heterocycles. The first-order valence-electron chi connectivity index (χ1n) is 16.0. The summed E-state index contributed by atoms with van der Waals surface area (Å²) in [5.41, 5.74) is -1.39. The first kappa shape index (κ1) is 35.2. The summed E-state index contributed by atoms with van der Waals surface area (Å²) in [7, 11) is 1.46. The molecule has 0 radical (unpaired) electrons. The summed E-state index contributed by atoms with van der Waals surface area (Å²) in [5, 5.41) is 9.43. The number of carbonyl (C=O) groups is 2. The maximum Gasteiger partial charge on any atom is 0.416 e. The summed E-state index contributed by atoms with van der Waals surface area (Å²) in [6.45, 7) is 1.24. The molecule has 1 aliphatic carbocycles. The number of carbonyl (C=O) groups excluding carboxylic acids is 1. The van der Waals surface area contributed by atoms with E-state index in [9.17, 15) is 45.4 Å². The van der Waals surface area contributed by atoms with Crippen LogP contribution in [0.2, 0.25) is 0 Å². The summed E-state index contributed by atoms with van der Waals surface area (Å²) in [6, 6.07) is 5.58. The Hall–Kier alpha value is -4.63. The lowest BCUT2D eigenvalue weighted by molar-refractivity contribution is -0.144. The van der Waals surface area contributed by atoms with Crippen LogP contribution in [0.1, 0.15) is 72.6 Å². The minimum Gasteiger partial charge on any atom is -0.496 e. The Kier molecular flexibility index (Phi) is 9.33. The molecule has 2 aromatic carbocycles. The van der Waals surface area contributed by atoms with Gasteiger partial charge in [-0.05, 0) is 80.0 Å². The number of hydrogen-bond donors (Lipinski definition) is 1. The van der Waals surface area contributed by atoms with Gasteiger partial charge in [-0.15, -0.1) is 0 Å². The second kappa shape index (κ2) is 13.2. The van der Waals surface area contributed by atoms with Gasteiger partial charge in [0.15, 0.2) is 0 Å². The van der Waals surface area contributed by atoms with Gasteiger partial charge in [0.25, 0.3) is 0 Å². The number of amides is 1. The van der Waals surface area contributed by atoms with Crippen molar-refractivity contribution in [3.63, 3.8) is 0 Å². The van der Waals surface area contributed by atoms with E-state index >= 15 is 0 Å². The molecule has 0 bridgehead atoms. The van der Waals surface area contributed by atoms with Gasteiger partial charge in [-0.3, -0.25) is 9.69 Å². The molecule has 2 unspecified atom stereocenters. The second-order valence-corrected chi connectivity index (χ2v) is 12.9. The summed E-state index contributed by atoms with van der Waals surface area (Å²) in [4.78, 5) is 36.6. The molecule has 3 aromatic rings. The number of carboxylic acid groups (broad SMARTS) is 1. The lowest BCUT2D eigenvalue weighted by Gasteiger charge is -2.34. The van der Waals surface area contributed by atoms with E-state index < -0.39 is 65.3 Å². The summed E-state index contributed by atoms with van der Waals surface area (Å²) in [5.74, 6) is -0.581. The molecule has 50 heavy (non-hydrogen) atoms. The lowest BCUT2D eigenvalue weighted by atomic mass is 9.78. The average Bonchev–Trinajstić information content (AvgIpc) is 3.34. The Morgan fingerprint density at radius 1 is 0.960 bits per heavy atom. The highest BCUT2D eigenvalue weighted by Gasteiger charge is 2.44. The number of halogens is 7. The van der Waals surface area contributed by atoms with Crippen LogP contribution in [0.25, 0.3) is 11.1 Å². The Morgan fingerprint density at radius 2 is 1.60 bits per heavy atom. The lowest BCUT2D eigenvalue weighted by Crippen LogP contribution is -2.49. The topological polar surface area (TPSA) is 105 Å². The maximum atomic E-state index is 13.8. The molecule has 2 atom stereocenters. The van der Waals surface area contributed by atoms with Gasteiger partial charge in [-0.25, -0.2) is 19.2 Å². The van der Waals surface area contributed by atoms with E-state index in [4.69, 9.17) is 9.47 Å². The van der Waals surface area contributed by atoms with Gasteiger partial charge >= 0.3 is 24.4 Å². The first-order chi connectivity index (χ1) is 23.5. The fourth-order valence-electron chi connectivity index (χ4n) is 6.82. The van der Waals surface area contributed by atoms with Crippen molar-refractivity contribution in [2.24, 2.45) is 5.92 Å². The van der Waals surface area contributed by atoms with E-state index in [1.54, 1.807) is 11.0 Å². The Labute approximate surface area is 282 Å². The van der Waals surface area contributed by atoms with Crippen LogP contribution in [-0.4, -0.2) is 64.4 Å². The van der Waals surface area contributed by atoms with Crippen molar-refractivity contribution in [1.29, 1.82) is 0 Å². The van der Waals surface area contributed by atoms with Crippen LogP contribution in [0, 0.1) is 5.92 Å². The maximum absolute atomic E-state index is 13.8. The van der Waals surface area contributed by atoms with Crippen molar-refractivity contribution in [3.8, 4) is 16.9 Å². The summed E-state index contributed by atoms with van der Waals surface area (Å²) in [6.07, 6.45) is -9.90. The third-order valence-electron chi connectivity index (χ3n) is 9.69. The van der Waals surface area contributed by atoms with Gasteiger partial charge in [-0.1, -0.05) is 6.07 Å². The van der Waals surface area contributed by atoms with Crippen molar-refractivity contribution in [2.75, 3.05) is 25.1 Å². The fraction of sp³-hybridized carbons (Fsp3) is 0.471. The number of alkyl halides is 7. The van der Waals surface area contributed by atoms with Gasteiger partial charge < -0.3 is 19.5 Å². The zero-order chi connectivity index (χ0) is 36.1. The van der Waals surface area contributed by atoms with Crippen molar-refractivity contribution in [3.05, 3.63) is 70.5 Å². The Balaban J connectivity index is 1.36. The molecule has 3 fully saturated rings. The molecule has 268 valence electrons. The fourth-order valence-corrected chi connectivity index (χ4v) is 6.82. The van der Waals surface area contributed by atoms with Crippen LogP contribution in [0.3, 0.4) is 0 Å². The first-order valence-corrected chi connectivity index (χ1v) is 16.0. The number of carboxylic acids is 1. The van der Waals surface area contributed by atoms with Crippen molar-refractivity contribution >= 4 is 18.0 Å². The number of methoxy groups -OCH3 is 1. The quantitative estimate of drug-likeness (QED) is 0.237. The van der Waals surface area contributed by atoms with Crippen molar-refractivity contribution < 1.29 is 54.9 Å². The zero-order valence-electron chi connectivity index (χ0n) is 26.9. The highest BCUT2D eigenvalue weighted by molar-refractivity contribution is 5.75. The SMILES string of the molecule is COc1ccc(C2CCC(C(=O)O)CC2)cc1-c1cnc(N2CC(F)C2)nc1CN1C(=O)OC(c2cc(C(F)(F)F)cc(C(F)(F)F)c2)C1C. The number of cyclic esters (lactones) is 1. The number of anilines is 1. The van der Waals surface area contributed by atoms with E-state index in [0.29, 0.717) is 54.7 Å². The molecule has 1 amide bonds. The van der Waals surface area contributed by atoms with Crippen LogP contribution in [0.5, 0.6) is 5.75 Å². The molecule has 9 nitrogen and oxygen atoms in total. The summed E-state index contributed by atoms with van der Waals surface area (Å²) < 4.78 is 107. The molecule has 1 aromatic heterocycles. The highest BCUT2D eigenvalue weighted by atomic mass is 19.4. The predicted octanol–water partition coefficient (Wildman–Crippen LogP) is 7.79. The Bertz CT molecular complexity index is 1740. The Morgan fingerprint density at radius 3 is 2.16 bits per heavy atom. The standard InChI is InChI=1S/C34H33F7N4O5/c1-17-29(21-9-22(33(36,37)38)12-23(10-21)34(39,40)41)50-32(48)45(17)16-27-26(13-42-31(43-27)44-14-24(35)15-44)25-11-20(7-8-28(25)49-2)18-3-5-19(6-4-18)30(46)47/h7-13,17-19,24,29H,3-6,14-16H2,1-2H3,(H,46,47). The normalized spacial score (nSPS) is 23.1. The molecular formula is C34H33F7N4O5. The van der Waals surface area contributed by atoms with Crippen molar-refractivity contribution in [2.45, 2.75) is 75.7 Å². The van der Waals surface area contributed by atoms with Gasteiger partial charge in [0.2, 0.25) is 5.95 Å². The average molecular weight is 711 g/mol. The molecular weight excluding hydrogens is 677 g/mol. The molecule has 6 rings (SSSR count). The number of rotatable bonds is 8.